The molecule has 1 heterocycles. The molecular weight excluding hydrogens is 280 g/mol. The van der Waals surface area contributed by atoms with Crippen LogP contribution in [-0.4, -0.2) is 41.1 Å². The Balaban J connectivity index is 2.52. The second-order valence-electron chi connectivity index (χ2n) is 4.09. The first-order chi connectivity index (χ1) is 9.92. The number of nitrogens with two attached hydrogens (primary N) is 1. The van der Waals surface area contributed by atoms with E-state index in [1.807, 2.05) is 0 Å². The highest BCUT2D eigenvalue weighted by molar-refractivity contribution is 5.87. The quantitative estimate of drug-likeness (QED) is 0.519. The number of aliphatic carboxylic acids is 1. The van der Waals surface area contributed by atoms with Crippen LogP contribution in [0.3, 0.4) is 0 Å². The van der Waals surface area contributed by atoms with Gasteiger partial charge in [0.2, 0.25) is 11.8 Å². The SMILES string of the molecule is COc1cc(CNC(=O)N[C@H](CC(N)=O)C(=O)O)ccn1. The Bertz CT molecular complexity index is 534. The maximum absolute atomic E-state index is 11.6. The van der Waals surface area contributed by atoms with Gasteiger partial charge in [-0.3, -0.25) is 4.79 Å². The second-order valence-corrected chi connectivity index (χ2v) is 4.09. The fourth-order valence-electron chi connectivity index (χ4n) is 1.46. The molecule has 0 spiro atoms. The number of rotatable bonds is 7. The largest absolute Gasteiger partial charge is 0.481 e. The van der Waals surface area contributed by atoms with Gasteiger partial charge < -0.3 is 26.2 Å². The van der Waals surface area contributed by atoms with Crippen LogP contribution in [0.4, 0.5) is 4.79 Å². The Kier molecular flexibility index (Phi) is 5.93. The summed E-state index contributed by atoms with van der Waals surface area (Å²) in [6.45, 7) is 0.146. The van der Waals surface area contributed by atoms with E-state index in [-0.39, 0.29) is 6.54 Å². The number of hydrogen-bond donors (Lipinski definition) is 4. The molecule has 0 saturated heterocycles. The molecule has 5 N–H and O–H groups in total. The number of primary amides is 1. The fraction of sp³-hybridized carbons (Fsp3) is 0.333. The third kappa shape index (κ3) is 5.76. The zero-order valence-corrected chi connectivity index (χ0v) is 11.3. The van der Waals surface area contributed by atoms with Gasteiger partial charge in [-0.2, -0.15) is 0 Å². The number of carboxylic acids is 1. The van der Waals surface area contributed by atoms with Crippen molar-refractivity contribution in [1.29, 1.82) is 0 Å². The number of urea groups is 1. The Morgan fingerprint density at radius 1 is 1.48 bits per heavy atom. The summed E-state index contributed by atoms with van der Waals surface area (Å²) in [6, 6.07) is 1.20. The number of methoxy groups -OCH3 is 1. The number of carbonyl (C=O) groups is 3. The van der Waals surface area contributed by atoms with E-state index in [1.165, 1.54) is 13.3 Å². The summed E-state index contributed by atoms with van der Waals surface area (Å²) in [7, 11) is 1.47. The average Bonchev–Trinajstić information content (AvgIpc) is 2.44. The summed E-state index contributed by atoms with van der Waals surface area (Å²) in [6.07, 6.45) is 1.03. The molecule has 1 atom stereocenters. The molecule has 0 bridgehead atoms. The summed E-state index contributed by atoms with van der Waals surface area (Å²) in [5.41, 5.74) is 5.63. The third-order valence-corrected chi connectivity index (χ3v) is 2.47. The van der Waals surface area contributed by atoms with E-state index in [0.29, 0.717) is 5.88 Å². The first-order valence-electron chi connectivity index (χ1n) is 5.96. The molecule has 0 aliphatic carbocycles. The van der Waals surface area contributed by atoms with Crippen LogP contribution in [-0.2, 0) is 16.1 Å². The zero-order valence-electron chi connectivity index (χ0n) is 11.3. The summed E-state index contributed by atoms with van der Waals surface area (Å²) >= 11 is 0. The van der Waals surface area contributed by atoms with E-state index in [2.05, 4.69) is 15.6 Å². The van der Waals surface area contributed by atoms with E-state index in [9.17, 15) is 14.4 Å². The topological polar surface area (TPSA) is 144 Å². The van der Waals surface area contributed by atoms with Crippen molar-refractivity contribution >= 4 is 17.9 Å². The monoisotopic (exact) mass is 296 g/mol. The maximum atomic E-state index is 11.6. The smallest absolute Gasteiger partial charge is 0.326 e. The van der Waals surface area contributed by atoms with Crippen LogP contribution in [0.25, 0.3) is 0 Å². The van der Waals surface area contributed by atoms with E-state index in [0.717, 1.165) is 5.56 Å². The predicted octanol–water partition coefficient (Wildman–Crippen LogP) is -0.782. The number of amides is 3. The number of pyridine rings is 1. The minimum Gasteiger partial charge on any atom is -0.481 e. The van der Waals surface area contributed by atoms with Crippen molar-refractivity contribution in [3.63, 3.8) is 0 Å². The average molecular weight is 296 g/mol. The maximum Gasteiger partial charge on any atom is 0.326 e. The molecule has 21 heavy (non-hydrogen) atoms. The first kappa shape index (κ1) is 16.2. The van der Waals surface area contributed by atoms with E-state index >= 15 is 0 Å². The number of ether oxygens (including phenoxy) is 1. The van der Waals surface area contributed by atoms with Crippen LogP contribution < -0.4 is 21.1 Å². The molecule has 1 aromatic heterocycles. The highest BCUT2D eigenvalue weighted by Gasteiger charge is 2.21. The van der Waals surface area contributed by atoms with Gasteiger partial charge in [-0.25, -0.2) is 14.6 Å². The highest BCUT2D eigenvalue weighted by atomic mass is 16.5. The molecule has 0 radical (unpaired) electrons. The lowest BCUT2D eigenvalue weighted by molar-refractivity contribution is -0.140. The summed E-state index contributed by atoms with van der Waals surface area (Å²) in [4.78, 5) is 37.1. The van der Waals surface area contributed by atoms with Crippen molar-refractivity contribution in [2.45, 2.75) is 19.0 Å². The number of hydrogen-bond acceptors (Lipinski definition) is 5. The molecule has 9 nitrogen and oxygen atoms in total. The van der Waals surface area contributed by atoms with E-state index in [4.69, 9.17) is 15.6 Å². The normalized spacial score (nSPS) is 11.3. The van der Waals surface area contributed by atoms with Gasteiger partial charge in [0.25, 0.3) is 0 Å². The van der Waals surface area contributed by atoms with Crippen molar-refractivity contribution in [3.05, 3.63) is 23.9 Å². The Morgan fingerprint density at radius 3 is 2.76 bits per heavy atom. The molecule has 0 fully saturated rings. The molecule has 0 aliphatic heterocycles. The van der Waals surface area contributed by atoms with Crippen LogP contribution in [0, 0.1) is 0 Å². The lowest BCUT2D eigenvalue weighted by atomic mass is 10.2. The van der Waals surface area contributed by atoms with Crippen molar-refractivity contribution in [3.8, 4) is 5.88 Å². The first-order valence-corrected chi connectivity index (χ1v) is 5.96. The van der Waals surface area contributed by atoms with Crippen LogP contribution in [0.5, 0.6) is 5.88 Å². The van der Waals surface area contributed by atoms with Gasteiger partial charge in [0.1, 0.15) is 6.04 Å². The number of aromatic nitrogens is 1. The number of carbonyl (C=O) groups excluding carboxylic acids is 2. The van der Waals surface area contributed by atoms with Crippen LogP contribution in [0.1, 0.15) is 12.0 Å². The molecule has 3 amide bonds. The second kappa shape index (κ2) is 7.68. The summed E-state index contributed by atoms with van der Waals surface area (Å²) in [5, 5.41) is 13.5. The Labute approximate surface area is 120 Å². The highest BCUT2D eigenvalue weighted by Crippen LogP contribution is 2.07. The molecular formula is C12H16N4O5. The molecule has 9 heteroatoms. The van der Waals surface area contributed by atoms with E-state index in [1.54, 1.807) is 12.1 Å². The molecule has 114 valence electrons. The lowest BCUT2D eigenvalue weighted by Crippen LogP contribution is -2.47. The van der Waals surface area contributed by atoms with Gasteiger partial charge in [-0.15, -0.1) is 0 Å². The van der Waals surface area contributed by atoms with Crippen molar-refractivity contribution < 1.29 is 24.2 Å². The van der Waals surface area contributed by atoms with Gasteiger partial charge in [0.15, 0.2) is 0 Å². The zero-order chi connectivity index (χ0) is 15.8. The van der Waals surface area contributed by atoms with Crippen molar-refractivity contribution in [2.75, 3.05) is 7.11 Å². The molecule has 1 rings (SSSR count). The number of carboxylic acid groups (broad SMARTS) is 1. The fourth-order valence-corrected chi connectivity index (χ4v) is 1.46. The lowest BCUT2D eigenvalue weighted by Gasteiger charge is -2.13. The van der Waals surface area contributed by atoms with Gasteiger partial charge in [0, 0.05) is 18.8 Å². The van der Waals surface area contributed by atoms with Gasteiger partial charge in [0.05, 0.1) is 13.5 Å². The molecule has 0 aromatic carbocycles. The number of nitrogens with zero attached hydrogens (tertiary/aromatic N) is 1. The standard InChI is InChI=1S/C12H16N4O5/c1-21-10-4-7(2-3-14-10)6-15-12(20)16-8(11(18)19)5-9(13)17/h2-4,8H,5-6H2,1H3,(H2,13,17)(H,18,19)(H2,15,16,20)/t8-/m1/s1. The van der Waals surface area contributed by atoms with Gasteiger partial charge in [-0.1, -0.05) is 0 Å². The molecule has 0 aliphatic rings. The van der Waals surface area contributed by atoms with Gasteiger partial charge in [-0.05, 0) is 11.6 Å². The van der Waals surface area contributed by atoms with Crippen molar-refractivity contribution in [1.82, 2.24) is 15.6 Å². The summed E-state index contributed by atoms with van der Waals surface area (Å²) < 4.78 is 4.93. The Morgan fingerprint density at radius 2 is 2.19 bits per heavy atom. The van der Waals surface area contributed by atoms with Crippen molar-refractivity contribution in [2.24, 2.45) is 5.73 Å². The number of nitrogens with one attached hydrogen (secondary N) is 2. The third-order valence-electron chi connectivity index (χ3n) is 2.47. The molecule has 1 aromatic rings. The van der Waals surface area contributed by atoms with Crippen LogP contribution in [0.2, 0.25) is 0 Å². The molecule has 0 saturated carbocycles. The minimum absolute atomic E-state index is 0.146. The Hall–Kier alpha value is -2.84. The van der Waals surface area contributed by atoms with Crippen LogP contribution in [0.15, 0.2) is 18.3 Å². The molecule has 0 unspecified atom stereocenters. The van der Waals surface area contributed by atoms with E-state index < -0.39 is 30.4 Å². The minimum atomic E-state index is -1.37. The predicted molar refractivity (Wildman–Crippen MR) is 71.4 cm³/mol. The van der Waals surface area contributed by atoms with Crippen LogP contribution >= 0.6 is 0 Å². The van der Waals surface area contributed by atoms with Gasteiger partial charge >= 0.3 is 12.0 Å². The summed E-state index contributed by atoms with van der Waals surface area (Å²) in [5.74, 6) is -1.76.